The van der Waals surface area contributed by atoms with Crippen molar-refractivity contribution in [2.75, 3.05) is 0 Å². The number of hydrogen-bond acceptors (Lipinski definition) is 0. The summed E-state index contributed by atoms with van der Waals surface area (Å²) in [5, 5.41) is 0.794. The quantitative estimate of drug-likeness (QED) is 0.440. The van der Waals surface area contributed by atoms with Crippen LogP contribution in [-0.2, 0) is 6.42 Å². The summed E-state index contributed by atoms with van der Waals surface area (Å²) in [7, 11) is 0. The van der Waals surface area contributed by atoms with Gasteiger partial charge in [0.25, 0.3) is 0 Å². The molecule has 0 fully saturated rings. The summed E-state index contributed by atoms with van der Waals surface area (Å²) in [5.74, 6) is 0.921. The Balaban J connectivity index is 2.03. The van der Waals surface area contributed by atoms with E-state index in [9.17, 15) is 0 Å². The molecule has 0 bridgehead atoms. The highest BCUT2D eigenvalue weighted by molar-refractivity contribution is 6.30. The molecule has 2 rings (SSSR count). The molecule has 0 radical (unpaired) electrons. The van der Waals surface area contributed by atoms with Crippen LogP contribution in [-0.4, -0.2) is 0 Å². The zero-order valence-electron chi connectivity index (χ0n) is 16.1. The van der Waals surface area contributed by atoms with Crippen molar-refractivity contribution in [1.82, 2.24) is 0 Å². The molecular formula is C24H31Cl. The topological polar surface area (TPSA) is 0 Å². The van der Waals surface area contributed by atoms with Gasteiger partial charge < -0.3 is 0 Å². The van der Waals surface area contributed by atoms with E-state index in [0.29, 0.717) is 11.8 Å². The lowest BCUT2D eigenvalue weighted by atomic mass is 9.80. The normalized spacial score (nSPS) is 17.6. The van der Waals surface area contributed by atoms with E-state index in [4.69, 9.17) is 11.6 Å². The lowest BCUT2D eigenvalue weighted by molar-refractivity contribution is 0.618. The van der Waals surface area contributed by atoms with Crippen LogP contribution in [0.25, 0.3) is 0 Å². The van der Waals surface area contributed by atoms with Gasteiger partial charge in [-0.1, -0.05) is 68.0 Å². The molecule has 0 aromatic heterocycles. The Kier molecular flexibility index (Phi) is 7.32. The van der Waals surface area contributed by atoms with Crippen LogP contribution in [0.5, 0.6) is 0 Å². The second kappa shape index (κ2) is 9.25. The van der Waals surface area contributed by atoms with Gasteiger partial charge in [0.15, 0.2) is 0 Å². The Labute approximate surface area is 159 Å². The molecule has 2 atom stereocenters. The fourth-order valence-electron chi connectivity index (χ4n) is 3.70. The van der Waals surface area contributed by atoms with Crippen molar-refractivity contribution in [3.8, 4) is 0 Å². The first-order valence-electron chi connectivity index (χ1n) is 9.38. The number of hydrogen-bond donors (Lipinski definition) is 0. The molecule has 0 spiro atoms. The van der Waals surface area contributed by atoms with Crippen molar-refractivity contribution in [1.29, 1.82) is 0 Å². The fourth-order valence-corrected chi connectivity index (χ4v) is 3.83. The monoisotopic (exact) mass is 354 g/mol. The van der Waals surface area contributed by atoms with E-state index in [-0.39, 0.29) is 0 Å². The van der Waals surface area contributed by atoms with Crippen LogP contribution in [0, 0.1) is 11.8 Å². The highest BCUT2D eigenvalue weighted by Crippen LogP contribution is 2.33. The van der Waals surface area contributed by atoms with Crippen LogP contribution in [0.2, 0.25) is 5.02 Å². The second-order valence-electron chi connectivity index (χ2n) is 7.30. The zero-order valence-corrected chi connectivity index (χ0v) is 16.9. The van der Waals surface area contributed by atoms with E-state index < -0.39 is 0 Å². The standard InChI is InChI=1S/C24H31Cl/c1-6-24(19(4)16-22-10-8-7-9-17(22)2)20(5)18(3)15-21-11-13-23(25)14-12-21/h6,9-14,18-19H,5,7-8,15-16H2,1-4H3. The lowest BCUT2D eigenvalue weighted by Crippen LogP contribution is -2.11. The molecule has 0 saturated heterocycles. The highest BCUT2D eigenvalue weighted by Gasteiger charge is 2.19. The van der Waals surface area contributed by atoms with Crippen molar-refractivity contribution in [3.05, 3.63) is 82.0 Å². The van der Waals surface area contributed by atoms with Gasteiger partial charge in [-0.3, -0.25) is 0 Å². The average Bonchev–Trinajstić information content (AvgIpc) is 2.59. The SMILES string of the molecule is C=C(C(=CC)C(C)CC1=CCCC=C1C)C(C)Cc1ccc(Cl)cc1. The smallest absolute Gasteiger partial charge is 0.0406 e. The Hall–Kier alpha value is -1.53. The van der Waals surface area contributed by atoms with E-state index in [1.54, 1.807) is 0 Å². The molecule has 0 aliphatic heterocycles. The molecule has 1 heteroatoms. The van der Waals surface area contributed by atoms with Crippen LogP contribution in [0.15, 0.2) is 71.4 Å². The summed E-state index contributed by atoms with van der Waals surface area (Å²) in [4.78, 5) is 0. The molecule has 2 unspecified atom stereocenters. The largest absolute Gasteiger partial charge is 0.0953 e. The van der Waals surface area contributed by atoms with Gasteiger partial charge in [-0.05, 0) is 85.8 Å². The lowest BCUT2D eigenvalue weighted by Gasteiger charge is -2.25. The van der Waals surface area contributed by atoms with Gasteiger partial charge in [-0.25, -0.2) is 0 Å². The fraction of sp³-hybridized carbons (Fsp3) is 0.417. The van der Waals surface area contributed by atoms with Crippen molar-refractivity contribution in [2.24, 2.45) is 11.8 Å². The Morgan fingerprint density at radius 1 is 1.08 bits per heavy atom. The van der Waals surface area contributed by atoms with Crippen molar-refractivity contribution >= 4 is 11.6 Å². The van der Waals surface area contributed by atoms with Crippen LogP contribution < -0.4 is 0 Å². The van der Waals surface area contributed by atoms with Crippen LogP contribution in [0.1, 0.15) is 52.5 Å². The maximum absolute atomic E-state index is 5.99. The van der Waals surface area contributed by atoms with Crippen LogP contribution in [0.3, 0.4) is 0 Å². The van der Waals surface area contributed by atoms with Gasteiger partial charge >= 0.3 is 0 Å². The summed E-state index contributed by atoms with van der Waals surface area (Å²) in [6.45, 7) is 13.4. The van der Waals surface area contributed by atoms with Gasteiger partial charge in [0.2, 0.25) is 0 Å². The number of halogens is 1. The average molecular weight is 355 g/mol. The first-order chi connectivity index (χ1) is 11.9. The summed E-state index contributed by atoms with van der Waals surface area (Å²) in [6.07, 6.45) is 11.5. The molecule has 1 aliphatic rings. The predicted molar refractivity (Wildman–Crippen MR) is 112 cm³/mol. The third kappa shape index (κ3) is 5.47. The molecule has 25 heavy (non-hydrogen) atoms. The molecular weight excluding hydrogens is 324 g/mol. The minimum atomic E-state index is 0.423. The molecule has 0 heterocycles. The second-order valence-corrected chi connectivity index (χ2v) is 7.74. The summed E-state index contributed by atoms with van der Waals surface area (Å²) in [5.41, 5.74) is 6.95. The van der Waals surface area contributed by atoms with Gasteiger partial charge in [0.05, 0.1) is 0 Å². The summed E-state index contributed by atoms with van der Waals surface area (Å²) < 4.78 is 0. The van der Waals surface area contributed by atoms with Crippen molar-refractivity contribution in [3.63, 3.8) is 0 Å². The number of rotatable bonds is 7. The molecule has 134 valence electrons. The molecule has 1 aromatic rings. The third-order valence-corrected chi connectivity index (χ3v) is 5.56. The van der Waals surface area contributed by atoms with Gasteiger partial charge in [0, 0.05) is 5.02 Å². The van der Waals surface area contributed by atoms with Gasteiger partial charge in [-0.15, -0.1) is 0 Å². The molecule has 0 amide bonds. The Morgan fingerprint density at radius 3 is 2.32 bits per heavy atom. The van der Waals surface area contributed by atoms with E-state index in [1.165, 1.54) is 40.7 Å². The van der Waals surface area contributed by atoms with E-state index >= 15 is 0 Å². The molecule has 0 N–H and O–H groups in total. The molecule has 0 nitrogen and oxygen atoms in total. The molecule has 0 saturated carbocycles. The molecule has 1 aliphatic carbocycles. The maximum Gasteiger partial charge on any atom is 0.0406 e. The first-order valence-corrected chi connectivity index (χ1v) is 9.76. The van der Waals surface area contributed by atoms with E-state index in [0.717, 1.165) is 17.9 Å². The van der Waals surface area contributed by atoms with Crippen LogP contribution in [0.4, 0.5) is 0 Å². The van der Waals surface area contributed by atoms with E-state index in [2.05, 4.69) is 64.6 Å². The first kappa shape index (κ1) is 19.8. The Morgan fingerprint density at radius 2 is 1.72 bits per heavy atom. The minimum Gasteiger partial charge on any atom is -0.0953 e. The predicted octanol–water partition coefficient (Wildman–Crippen LogP) is 7.71. The number of allylic oxidation sites excluding steroid dienone is 7. The Bertz CT molecular complexity index is 685. The summed E-state index contributed by atoms with van der Waals surface area (Å²) >= 11 is 5.99. The van der Waals surface area contributed by atoms with E-state index in [1.807, 2.05) is 12.1 Å². The molecule has 1 aromatic carbocycles. The van der Waals surface area contributed by atoms with Gasteiger partial charge in [0.1, 0.15) is 0 Å². The van der Waals surface area contributed by atoms with Gasteiger partial charge in [-0.2, -0.15) is 0 Å². The zero-order chi connectivity index (χ0) is 18.4. The maximum atomic E-state index is 5.99. The van der Waals surface area contributed by atoms with Crippen molar-refractivity contribution in [2.45, 2.75) is 53.4 Å². The van der Waals surface area contributed by atoms with Crippen LogP contribution >= 0.6 is 11.6 Å². The minimum absolute atomic E-state index is 0.423. The third-order valence-electron chi connectivity index (χ3n) is 5.30. The number of benzene rings is 1. The summed E-state index contributed by atoms with van der Waals surface area (Å²) in [6, 6.07) is 8.17. The highest BCUT2D eigenvalue weighted by atomic mass is 35.5. The van der Waals surface area contributed by atoms with Crippen molar-refractivity contribution < 1.29 is 0 Å².